The Bertz CT molecular complexity index is 795. The van der Waals surface area contributed by atoms with Crippen molar-refractivity contribution in [2.45, 2.75) is 33.1 Å². The van der Waals surface area contributed by atoms with Crippen LogP contribution in [0.15, 0.2) is 42.5 Å². The molecule has 2 aromatic rings. The highest BCUT2D eigenvalue weighted by molar-refractivity contribution is 5.95. The first-order chi connectivity index (χ1) is 11.7. The summed E-state index contributed by atoms with van der Waals surface area (Å²) >= 11 is 0. The van der Waals surface area contributed by atoms with Gasteiger partial charge in [-0.25, -0.2) is 0 Å². The number of para-hydroxylation sites is 1. The third-order valence-corrected chi connectivity index (χ3v) is 3.95. The SMILES string of the molecule is Cc1c(NC(=O)CNc2ccccc2C(C)(C)C)cccc1[N+](=O)[O-]. The number of nitro benzene ring substituents is 1. The fraction of sp³-hybridized carbons (Fsp3) is 0.316. The lowest BCUT2D eigenvalue weighted by atomic mass is 9.86. The number of nitro groups is 1. The molecule has 0 aromatic heterocycles. The summed E-state index contributed by atoms with van der Waals surface area (Å²) in [5, 5.41) is 16.9. The first-order valence-electron chi connectivity index (χ1n) is 8.07. The predicted octanol–water partition coefficient (Wildman–Crippen LogP) is 4.25. The van der Waals surface area contributed by atoms with E-state index in [0.717, 1.165) is 11.3 Å². The zero-order valence-electron chi connectivity index (χ0n) is 14.9. The number of carbonyl (C=O) groups excluding carboxylic acids is 1. The van der Waals surface area contributed by atoms with Gasteiger partial charge in [0.1, 0.15) is 0 Å². The summed E-state index contributed by atoms with van der Waals surface area (Å²) in [6, 6.07) is 12.5. The van der Waals surface area contributed by atoms with E-state index in [9.17, 15) is 14.9 Å². The van der Waals surface area contributed by atoms with Gasteiger partial charge in [0.15, 0.2) is 0 Å². The minimum Gasteiger partial charge on any atom is -0.376 e. The van der Waals surface area contributed by atoms with Gasteiger partial charge in [0.05, 0.1) is 22.7 Å². The lowest BCUT2D eigenvalue weighted by molar-refractivity contribution is -0.385. The number of amides is 1. The van der Waals surface area contributed by atoms with Gasteiger partial charge in [-0.2, -0.15) is 0 Å². The van der Waals surface area contributed by atoms with Crippen LogP contribution in [0.25, 0.3) is 0 Å². The van der Waals surface area contributed by atoms with Crippen molar-refractivity contribution >= 4 is 23.0 Å². The molecule has 0 spiro atoms. The molecule has 0 bridgehead atoms. The van der Waals surface area contributed by atoms with Crippen molar-refractivity contribution < 1.29 is 9.72 Å². The highest BCUT2D eigenvalue weighted by Crippen LogP contribution is 2.29. The second kappa shape index (κ2) is 7.34. The molecule has 0 aliphatic carbocycles. The number of nitrogens with one attached hydrogen (secondary N) is 2. The van der Waals surface area contributed by atoms with Crippen molar-refractivity contribution in [3.8, 4) is 0 Å². The van der Waals surface area contributed by atoms with E-state index in [1.165, 1.54) is 6.07 Å². The fourth-order valence-electron chi connectivity index (χ4n) is 2.62. The summed E-state index contributed by atoms with van der Waals surface area (Å²) in [5.41, 5.74) is 2.86. The third-order valence-electron chi connectivity index (χ3n) is 3.95. The molecule has 0 unspecified atom stereocenters. The molecule has 0 radical (unpaired) electrons. The van der Waals surface area contributed by atoms with E-state index in [2.05, 4.69) is 31.4 Å². The van der Waals surface area contributed by atoms with Crippen molar-refractivity contribution in [3.05, 3.63) is 63.7 Å². The number of hydrogen-bond donors (Lipinski definition) is 2. The van der Waals surface area contributed by atoms with E-state index in [0.29, 0.717) is 11.3 Å². The van der Waals surface area contributed by atoms with Gasteiger partial charge in [-0.15, -0.1) is 0 Å². The Morgan fingerprint density at radius 1 is 1.08 bits per heavy atom. The van der Waals surface area contributed by atoms with E-state index in [1.54, 1.807) is 19.1 Å². The average molecular weight is 341 g/mol. The number of nitrogens with zero attached hydrogens (tertiary/aromatic N) is 1. The van der Waals surface area contributed by atoms with Gasteiger partial charge >= 0.3 is 0 Å². The van der Waals surface area contributed by atoms with Crippen LogP contribution in [-0.2, 0) is 10.2 Å². The van der Waals surface area contributed by atoms with Crippen LogP contribution in [-0.4, -0.2) is 17.4 Å². The largest absolute Gasteiger partial charge is 0.376 e. The van der Waals surface area contributed by atoms with Gasteiger partial charge in [0.25, 0.3) is 5.69 Å². The first kappa shape index (κ1) is 18.4. The maximum absolute atomic E-state index is 12.2. The van der Waals surface area contributed by atoms with Gasteiger partial charge in [-0.1, -0.05) is 45.0 Å². The van der Waals surface area contributed by atoms with Crippen molar-refractivity contribution in [3.63, 3.8) is 0 Å². The Hall–Kier alpha value is -2.89. The molecule has 6 heteroatoms. The van der Waals surface area contributed by atoms with Crippen LogP contribution >= 0.6 is 0 Å². The molecule has 25 heavy (non-hydrogen) atoms. The summed E-state index contributed by atoms with van der Waals surface area (Å²) in [4.78, 5) is 22.8. The number of anilines is 2. The van der Waals surface area contributed by atoms with Crippen LogP contribution in [0.2, 0.25) is 0 Å². The van der Waals surface area contributed by atoms with Crippen molar-refractivity contribution in [2.24, 2.45) is 0 Å². The highest BCUT2D eigenvalue weighted by atomic mass is 16.6. The lowest BCUT2D eigenvalue weighted by Gasteiger charge is -2.23. The highest BCUT2D eigenvalue weighted by Gasteiger charge is 2.18. The smallest absolute Gasteiger partial charge is 0.274 e. The monoisotopic (exact) mass is 341 g/mol. The molecule has 132 valence electrons. The topological polar surface area (TPSA) is 84.3 Å². The quantitative estimate of drug-likeness (QED) is 0.629. The van der Waals surface area contributed by atoms with Crippen molar-refractivity contribution in [2.75, 3.05) is 17.2 Å². The van der Waals surface area contributed by atoms with E-state index in [1.807, 2.05) is 24.3 Å². The molecule has 0 aliphatic rings. The van der Waals surface area contributed by atoms with Crippen LogP contribution in [0.5, 0.6) is 0 Å². The number of rotatable bonds is 5. The Morgan fingerprint density at radius 2 is 1.72 bits per heavy atom. The Kier molecular flexibility index (Phi) is 5.41. The van der Waals surface area contributed by atoms with Gasteiger partial charge in [-0.3, -0.25) is 14.9 Å². The molecule has 0 atom stereocenters. The summed E-state index contributed by atoms with van der Waals surface area (Å²) in [6.07, 6.45) is 0. The Morgan fingerprint density at radius 3 is 2.36 bits per heavy atom. The van der Waals surface area contributed by atoms with Crippen LogP contribution in [0.1, 0.15) is 31.9 Å². The van der Waals surface area contributed by atoms with E-state index < -0.39 is 4.92 Å². The van der Waals surface area contributed by atoms with Crippen LogP contribution in [0, 0.1) is 17.0 Å². The second-order valence-electron chi connectivity index (χ2n) is 6.90. The molecular weight excluding hydrogens is 318 g/mol. The molecule has 2 N–H and O–H groups in total. The number of hydrogen-bond acceptors (Lipinski definition) is 4. The first-order valence-corrected chi connectivity index (χ1v) is 8.07. The van der Waals surface area contributed by atoms with E-state index in [-0.39, 0.29) is 23.6 Å². The van der Waals surface area contributed by atoms with Gasteiger partial charge in [-0.05, 0) is 30.0 Å². The van der Waals surface area contributed by atoms with E-state index >= 15 is 0 Å². The fourth-order valence-corrected chi connectivity index (χ4v) is 2.62. The predicted molar refractivity (Wildman–Crippen MR) is 100 cm³/mol. The number of benzene rings is 2. The minimum absolute atomic E-state index is 0.0103. The average Bonchev–Trinajstić information content (AvgIpc) is 2.54. The van der Waals surface area contributed by atoms with Gasteiger partial charge in [0, 0.05) is 11.8 Å². The normalized spacial score (nSPS) is 11.0. The maximum Gasteiger partial charge on any atom is 0.274 e. The minimum atomic E-state index is -0.456. The van der Waals surface area contributed by atoms with Crippen molar-refractivity contribution in [1.29, 1.82) is 0 Å². The maximum atomic E-state index is 12.2. The molecule has 0 saturated carbocycles. The molecule has 2 rings (SSSR count). The molecule has 2 aromatic carbocycles. The molecule has 6 nitrogen and oxygen atoms in total. The summed E-state index contributed by atoms with van der Waals surface area (Å²) < 4.78 is 0. The number of carbonyl (C=O) groups is 1. The summed E-state index contributed by atoms with van der Waals surface area (Å²) in [5.74, 6) is -0.257. The molecular formula is C19H23N3O3. The zero-order chi connectivity index (χ0) is 18.6. The summed E-state index contributed by atoms with van der Waals surface area (Å²) in [7, 11) is 0. The van der Waals surface area contributed by atoms with Gasteiger partial charge < -0.3 is 10.6 Å². The third kappa shape index (κ3) is 4.56. The van der Waals surface area contributed by atoms with E-state index in [4.69, 9.17) is 0 Å². The molecule has 0 saturated heterocycles. The molecule has 0 heterocycles. The molecule has 1 amide bonds. The summed E-state index contributed by atoms with van der Waals surface area (Å²) in [6.45, 7) is 8.03. The van der Waals surface area contributed by atoms with Crippen LogP contribution < -0.4 is 10.6 Å². The Labute approximate surface area is 147 Å². The Balaban J connectivity index is 2.08. The van der Waals surface area contributed by atoms with Crippen molar-refractivity contribution in [1.82, 2.24) is 0 Å². The molecule has 0 fully saturated rings. The van der Waals surface area contributed by atoms with Crippen LogP contribution in [0.4, 0.5) is 17.1 Å². The second-order valence-corrected chi connectivity index (χ2v) is 6.90. The molecule has 0 aliphatic heterocycles. The zero-order valence-corrected chi connectivity index (χ0v) is 14.9. The van der Waals surface area contributed by atoms with Crippen LogP contribution in [0.3, 0.4) is 0 Å². The standard InChI is InChI=1S/C19H23N3O3/c1-13-15(10-7-11-17(13)22(24)25)21-18(23)12-20-16-9-6-5-8-14(16)19(2,3)4/h5-11,20H,12H2,1-4H3,(H,21,23). The lowest BCUT2D eigenvalue weighted by Crippen LogP contribution is -2.24. The van der Waals surface area contributed by atoms with Gasteiger partial charge in [0.2, 0.25) is 5.91 Å².